The zero-order valence-corrected chi connectivity index (χ0v) is 9.23. The van der Waals surface area contributed by atoms with Crippen molar-refractivity contribution in [3.8, 4) is 12.3 Å². The van der Waals surface area contributed by atoms with E-state index in [1.54, 1.807) is 25.1 Å². The van der Waals surface area contributed by atoms with Crippen LogP contribution < -0.4 is 0 Å². The predicted octanol–water partition coefficient (Wildman–Crippen LogP) is 3.22. The highest BCUT2D eigenvalue weighted by molar-refractivity contribution is 6.42. The second kappa shape index (κ2) is 4.23. The summed E-state index contributed by atoms with van der Waals surface area (Å²) >= 11 is 11.6. The van der Waals surface area contributed by atoms with Gasteiger partial charge < -0.3 is 5.11 Å². The minimum Gasteiger partial charge on any atom is -0.384 e. The molecule has 1 rings (SSSR count). The predicted molar refractivity (Wildman–Crippen MR) is 59.5 cm³/mol. The lowest BCUT2D eigenvalue weighted by atomic mass is 9.93. The molecule has 0 aliphatic carbocycles. The number of halogens is 2. The number of hydrogen-bond acceptors (Lipinski definition) is 1. The smallest absolute Gasteiger partial charge is 0.0977 e. The number of hydrogen-bond donors (Lipinski definition) is 1. The first-order valence-electron chi connectivity index (χ1n) is 4.09. The molecule has 0 saturated heterocycles. The van der Waals surface area contributed by atoms with E-state index in [2.05, 4.69) is 5.92 Å². The molecule has 14 heavy (non-hydrogen) atoms. The third kappa shape index (κ3) is 2.42. The first kappa shape index (κ1) is 11.4. The van der Waals surface area contributed by atoms with Crippen molar-refractivity contribution in [3.63, 3.8) is 0 Å². The quantitative estimate of drug-likeness (QED) is 0.772. The number of aliphatic hydroxyl groups is 1. The summed E-state index contributed by atoms with van der Waals surface area (Å²) in [5.74, 6) is 2.41. The van der Waals surface area contributed by atoms with Crippen LogP contribution >= 0.6 is 23.2 Å². The Morgan fingerprint density at radius 2 is 2.07 bits per heavy atom. The highest BCUT2D eigenvalue weighted by atomic mass is 35.5. The summed E-state index contributed by atoms with van der Waals surface area (Å²) in [6.07, 6.45) is 5.39. The molecule has 1 atom stereocenters. The minimum absolute atomic E-state index is 0.241. The first-order valence-corrected chi connectivity index (χ1v) is 4.84. The summed E-state index contributed by atoms with van der Waals surface area (Å²) in [6.45, 7) is 1.65. The van der Waals surface area contributed by atoms with Gasteiger partial charge in [-0.15, -0.1) is 12.3 Å². The molecule has 0 spiro atoms. The molecular formula is C11H10Cl2O. The lowest BCUT2D eigenvalue weighted by Crippen LogP contribution is -2.20. The summed E-state index contributed by atoms with van der Waals surface area (Å²) in [4.78, 5) is 0. The maximum Gasteiger partial charge on any atom is 0.0977 e. The van der Waals surface area contributed by atoms with Crippen LogP contribution in [-0.2, 0) is 5.60 Å². The Bertz CT molecular complexity index is 377. The largest absolute Gasteiger partial charge is 0.384 e. The summed E-state index contributed by atoms with van der Waals surface area (Å²) < 4.78 is 0. The standard InChI is InChI=1S/C11H10Cl2O/c1-3-6-11(2,14)8-4-5-9(12)10(13)7-8/h1,4-5,7,14H,6H2,2H3/t11-/m0/s1. The van der Waals surface area contributed by atoms with Crippen molar-refractivity contribution in [2.45, 2.75) is 18.9 Å². The zero-order chi connectivity index (χ0) is 10.8. The van der Waals surface area contributed by atoms with Crippen LogP contribution in [-0.4, -0.2) is 5.11 Å². The van der Waals surface area contributed by atoms with Gasteiger partial charge in [-0.2, -0.15) is 0 Å². The lowest BCUT2D eigenvalue weighted by Gasteiger charge is -2.21. The van der Waals surface area contributed by atoms with Crippen LogP contribution in [0.5, 0.6) is 0 Å². The number of terminal acetylenes is 1. The molecule has 0 heterocycles. The fourth-order valence-electron chi connectivity index (χ4n) is 1.13. The van der Waals surface area contributed by atoms with Crippen LogP contribution in [0.4, 0.5) is 0 Å². The van der Waals surface area contributed by atoms with Crippen molar-refractivity contribution in [3.05, 3.63) is 33.8 Å². The van der Waals surface area contributed by atoms with Crippen molar-refractivity contribution in [2.75, 3.05) is 0 Å². The van der Waals surface area contributed by atoms with Crippen molar-refractivity contribution < 1.29 is 5.11 Å². The summed E-state index contributed by atoms with van der Waals surface area (Å²) in [6, 6.07) is 4.98. The van der Waals surface area contributed by atoms with Crippen molar-refractivity contribution in [1.82, 2.24) is 0 Å². The van der Waals surface area contributed by atoms with Crippen LogP contribution in [0, 0.1) is 12.3 Å². The third-order valence-corrected chi connectivity index (χ3v) is 2.73. The van der Waals surface area contributed by atoms with Gasteiger partial charge in [0, 0.05) is 6.42 Å². The normalized spacial score (nSPS) is 14.5. The topological polar surface area (TPSA) is 20.2 Å². The van der Waals surface area contributed by atoms with E-state index >= 15 is 0 Å². The Labute approximate surface area is 93.7 Å². The number of rotatable bonds is 2. The molecule has 0 radical (unpaired) electrons. The maximum absolute atomic E-state index is 9.96. The van der Waals surface area contributed by atoms with E-state index in [1.165, 1.54) is 0 Å². The molecule has 0 fully saturated rings. The SMILES string of the molecule is C#CC[C@](C)(O)c1ccc(Cl)c(Cl)c1. The van der Waals surface area contributed by atoms with E-state index < -0.39 is 5.60 Å². The fraction of sp³-hybridized carbons (Fsp3) is 0.273. The maximum atomic E-state index is 9.96. The van der Waals surface area contributed by atoms with E-state index in [0.29, 0.717) is 15.6 Å². The van der Waals surface area contributed by atoms with Crippen LogP contribution in [0.2, 0.25) is 10.0 Å². The Hall–Kier alpha value is -0.680. The highest BCUT2D eigenvalue weighted by Gasteiger charge is 2.22. The lowest BCUT2D eigenvalue weighted by molar-refractivity contribution is 0.0630. The molecule has 1 aromatic carbocycles. The second-order valence-corrected chi connectivity index (χ2v) is 4.10. The Morgan fingerprint density at radius 3 is 2.57 bits per heavy atom. The van der Waals surface area contributed by atoms with E-state index in [9.17, 15) is 5.11 Å². The molecule has 1 N–H and O–H groups in total. The molecule has 0 aromatic heterocycles. The van der Waals surface area contributed by atoms with E-state index in [4.69, 9.17) is 29.6 Å². The van der Waals surface area contributed by atoms with Crippen LogP contribution in [0.1, 0.15) is 18.9 Å². The monoisotopic (exact) mass is 228 g/mol. The Balaban J connectivity index is 3.09. The zero-order valence-electron chi connectivity index (χ0n) is 7.72. The van der Waals surface area contributed by atoms with Gasteiger partial charge in [0.2, 0.25) is 0 Å². The number of benzene rings is 1. The van der Waals surface area contributed by atoms with E-state index in [-0.39, 0.29) is 6.42 Å². The molecule has 1 aromatic rings. The molecule has 1 nitrogen and oxygen atoms in total. The summed E-state index contributed by atoms with van der Waals surface area (Å²) in [5, 5.41) is 10.8. The molecule has 0 amide bonds. The summed E-state index contributed by atoms with van der Waals surface area (Å²) in [7, 11) is 0. The molecule has 0 bridgehead atoms. The van der Waals surface area contributed by atoms with Crippen molar-refractivity contribution in [1.29, 1.82) is 0 Å². The van der Waals surface area contributed by atoms with Gasteiger partial charge in [0.05, 0.1) is 15.6 Å². The van der Waals surface area contributed by atoms with E-state index in [1.807, 2.05) is 0 Å². The molecule has 3 heteroatoms. The van der Waals surface area contributed by atoms with Gasteiger partial charge >= 0.3 is 0 Å². The van der Waals surface area contributed by atoms with Crippen LogP contribution in [0.15, 0.2) is 18.2 Å². The van der Waals surface area contributed by atoms with Gasteiger partial charge in [-0.1, -0.05) is 29.3 Å². The van der Waals surface area contributed by atoms with Crippen LogP contribution in [0.3, 0.4) is 0 Å². The van der Waals surface area contributed by atoms with Gasteiger partial charge in [0.25, 0.3) is 0 Å². The van der Waals surface area contributed by atoms with Gasteiger partial charge in [-0.25, -0.2) is 0 Å². The highest BCUT2D eigenvalue weighted by Crippen LogP contribution is 2.30. The average Bonchev–Trinajstić information content (AvgIpc) is 2.09. The molecule has 0 unspecified atom stereocenters. The van der Waals surface area contributed by atoms with E-state index in [0.717, 1.165) is 0 Å². The second-order valence-electron chi connectivity index (χ2n) is 3.28. The van der Waals surface area contributed by atoms with Gasteiger partial charge in [-0.3, -0.25) is 0 Å². The van der Waals surface area contributed by atoms with Crippen molar-refractivity contribution >= 4 is 23.2 Å². The first-order chi connectivity index (χ1) is 6.47. The molecule has 0 saturated carbocycles. The van der Waals surface area contributed by atoms with Crippen molar-refractivity contribution in [2.24, 2.45) is 0 Å². The third-order valence-electron chi connectivity index (χ3n) is 1.99. The molecule has 0 aliphatic rings. The Kier molecular flexibility index (Phi) is 3.44. The van der Waals surface area contributed by atoms with Crippen LogP contribution in [0.25, 0.3) is 0 Å². The molecule has 74 valence electrons. The minimum atomic E-state index is -1.05. The summed E-state index contributed by atoms with van der Waals surface area (Å²) in [5.41, 5.74) is -0.381. The fourth-order valence-corrected chi connectivity index (χ4v) is 1.43. The van der Waals surface area contributed by atoms with Gasteiger partial charge in [-0.05, 0) is 24.6 Å². The van der Waals surface area contributed by atoms with Gasteiger partial charge in [0.1, 0.15) is 0 Å². The average molecular weight is 229 g/mol. The van der Waals surface area contributed by atoms with Gasteiger partial charge in [0.15, 0.2) is 0 Å². The Morgan fingerprint density at radius 1 is 1.43 bits per heavy atom. The molecule has 0 aliphatic heterocycles. The molecular weight excluding hydrogens is 219 g/mol.